The molecule has 2 rings (SSSR count). The average molecular weight is 212 g/mol. The Balaban J connectivity index is 2.21. The lowest BCUT2D eigenvalue weighted by atomic mass is 9.82. The zero-order valence-electron chi connectivity index (χ0n) is 8.42. The summed E-state index contributed by atoms with van der Waals surface area (Å²) in [4.78, 5) is 0. The average Bonchev–Trinajstić information content (AvgIpc) is 2.17. The van der Waals surface area contributed by atoms with Crippen molar-refractivity contribution in [1.29, 1.82) is 0 Å². The van der Waals surface area contributed by atoms with E-state index in [0.717, 1.165) is 25.3 Å². The van der Waals surface area contributed by atoms with E-state index in [9.17, 15) is 13.9 Å². The predicted molar refractivity (Wildman–Crippen MR) is 53.6 cm³/mol. The van der Waals surface area contributed by atoms with E-state index in [1.807, 2.05) is 0 Å². The summed E-state index contributed by atoms with van der Waals surface area (Å²) in [5, 5.41) is 9.49. The van der Waals surface area contributed by atoms with Crippen LogP contribution in [0.1, 0.15) is 37.2 Å². The van der Waals surface area contributed by atoms with E-state index in [1.165, 1.54) is 12.1 Å². The molecule has 1 aromatic rings. The van der Waals surface area contributed by atoms with Crippen molar-refractivity contribution in [3.8, 4) is 0 Å². The van der Waals surface area contributed by atoms with E-state index in [-0.39, 0.29) is 12.0 Å². The summed E-state index contributed by atoms with van der Waals surface area (Å²) < 4.78 is 26.1. The molecule has 15 heavy (non-hydrogen) atoms. The molecule has 1 aliphatic carbocycles. The first-order valence-corrected chi connectivity index (χ1v) is 5.30. The molecule has 3 heteroatoms. The Hall–Kier alpha value is -0.960. The quantitative estimate of drug-likeness (QED) is 0.758. The minimum Gasteiger partial charge on any atom is -0.393 e. The van der Waals surface area contributed by atoms with Crippen LogP contribution in [-0.2, 0) is 0 Å². The van der Waals surface area contributed by atoms with Crippen molar-refractivity contribution in [2.75, 3.05) is 0 Å². The van der Waals surface area contributed by atoms with Gasteiger partial charge >= 0.3 is 0 Å². The molecule has 0 saturated heterocycles. The lowest BCUT2D eigenvalue weighted by Gasteiger charge is -2.26. The van der Waals surface area contributed by atoms with E-state index in [2.05, 4.69) is 0 Å². The Morgan fingerprint density at radius 2 is 2.00 bits per heavy atom. The molecule has 0 heterocycles. The predicted octanol–water partition coefficient (Wildman–Crippen LogP) is 2.98. The maximum atomic E-state index is 13.4. The van der Waals surface area contributed by atoms with Gasteiger partial charge in [0.15, 0.2) is 0 Å². The topological polar surface area (TPSA) is 20.2 Å². The van der Waals surface area contributed by atoms with Gasteiger partial charge in [0.05, 0.1) is 6.10 Å². The van der Waals surface area contributed by atoms with Crippen molar-refractivity contribution in [1.82, 2.24) is 0 Å². The van der Waals surface area contributed by atoms with E-state index < -0.39 is 11.6 Å². The third-order valence-corrected chi connectivity index (χ3v) is 3.05. The van der Waals surface area contributed by atoms with Crippen molar-refractivity contribution < 1.29 is 13.9 Å². The summed E-state index contributed by atoms with van der Waals surface area (Å²) in [5.74, 6) is -1.00. The number of hydrogen-bond acceptors (Lipinski definition) is 1. The summed E-state index contributed by atoms with van der Waals surface area (Å²) >= 11 is 0. The minimum atomic E-state index is -0.549. The number of benzene rings is 1. The maximum absolute atomic E-state index is 13.4. The molecule has 0 spiro atoms. The highest BCUT2D eigenvalue weighted by Crippen LogP contribution is 2.34. The Bertz CT molecular complexity index is 351. The van der Waals surface area contributed by atoms with Crippen molar-refractivity contribution in [2.45, 2.75) is 37.7 Å². The summed E-state index contributed by atoms with van der Waals surface area (Å²) in [6.07, 6.45) is 2.82. The highest BCUT2D eigenvalue weighted by atomic mass is 19.1. The first-order chi connectivity index (χ1) is 7.16. The third-order valence-electron chi connectivity index (χ3n) is 3.05. The number of aliphatic hydroxyl groups is 1. The SMILES string of the molecule is OC1CCCC(c2ccc(F)cc2F)C1. The van der Waals surface area contributed by atoms with Crippen LogP contribution in [0.2, 0.25) is 0 Å². The fraction of sp³-hybridized carbons (Fsp3) is 0.500. The first-order valence-electron chi connectivity index (χ1n) is 5.30. The summed E-state index contributed by atoms with van der Waals surface area (Å²) in [6, 6.07) is 3.68. The Labute approximate surface area is 87.7 Å². The van der Waals surface area contributed by atoms with Crippen molar-refractivity contribution in [3.05, 3.63) is 35.4 Å². The van der Waals surface area contributed by atoms with Gasteiger partial charge in [0.1, 0.15) is 11.6 Å². The number of hydrogen-bond donors (Lipinski definition) is 1. The molecule has 0 aliphatic heterocycles. The smallest absolute Gasteiger partial charge is 0.129 e. The molecule has 1 aliphatic rings. The van der Waals surface area contributed by atoms with Gasteiger partial charge in [0.25, 0.3) is 0 Å². The molecular weight excluding hydrogens is 198 g/mol. The van der Waals surface area contributed by atoms with Crippen molar-refractivity contribution >= 4 is 0 Å². The van der Waals surface area contributed by atoms with E-state index in [4.69, 9.17) is 0 Å². The van der Waals surface area contributed by atoms with Crippen LogP contribution in [0.5, 0.6) is 0 Å². The van der Waals surface area contributed by atoms with Gasteiger partial charge in [-0.15, -0.1) is 0 Å². The second-order valence-electron chi connectivity index (χ2n) is 4.18. The minimum absolute atomic E-state index is 0.0364. The Morgan fingerprint density at radius 1 is 1.20 bits per heavy atom. The molecular formula is C12H14F2O. The van der Waals surface area contributed by atoms with Crippen LogP contribution in [0, 0.1) is 11.6 Å². The van der Waals surface area contributed by atoms with Crippen LogP contribution < -0.4 is 0 Å². The van der Waals surface area contributed by atoms with Crippen LogP contribution >= 0.6 is 0 Å². The number of halogens is 2. The molecule has 1 saturated carbocycles. The van der Waals surface area contributed by atoms with Gasteiger partial charge in [-0.25, -0.2) is 8.78 Å². The van der Waals surface area contributed by atoms with Gasteiger partial charge in [-0.3, -0.25) is 0 Å². The van der Waals surface area contributed by atoms with Crippen LogP contribution in [-0.4, -0.2) is 11.2 Å². The third kappa shape index (κ3) is 2.34. The molecule has 0 amide bonds. The maximum Gasteiger partial charge on any atom is 0.129 e. The van der Waals surface area contributed by atoms with E-state index in [1.54, 1.807) is 0 Å². The van der Waals surface area contributed by atoms with Crippen LogP contribution in [0.15, 0.2) is 18.2 Å². The molecule has 0 aromatic heterocycles. The molecule has 1 fully saturated rings. The van der Waals surface area contributed by atoms with Crippen LogP contribution in [0.3, 0.4) is 0 Å². The molecule has 0 radical (unpaired) electrons. The van der Waals surface area contributed by atoms with Gasteiger partial charge in [0, 0.05) is 6.07 Å². The second-order valence-corrected chi connectivity index (χ2v) is 4.18. The van der Waals surface area contributed by atoms with Gasteiger partial charge < -0.3 is 5.11 Å². The lowest BCUT2D eigenvalue weighted by Crippen LogP contribution is -2.18. The normalized spacial score (nSPS) is 26.6. The largest absolute Gasteiger partial charge is 0.393 e. The zero-order valence-corrected chi connectivity index (χ0v) is 8.42. The molecule has 1 N–H and O–H groups in total. The molecule has 0 bridgehead atoms. The van der Waals surface area contributed by atoms with Gasteiger partial charge in [-0.1, -0.05) is 12.5 Å². The lowest BCUT2D eigenvalue weighted by molar-refractivity contribution is 0.119. The van der Waals surface area contributed by atoms with Gasteiger partial charge in [-0.05, 0) is 36.8 Å². The van der Waals surface area contributed by atoms with Crippen molar-refractivity contribution in [2.24, 2.45) is 0 Å². The number of aliphatic hydroxyl groups excluding tert-OH is 1. The molecule has 2 atom stereocenters. The summed E-state index contributed by atoms with van der Waals surface area (Å²) in [7, 11) is 0. The van der Waals surface area contributed by atoms with E-state index >= 15 is 0 Å². The van der Waals surface area contributed by atoms with E-state index in [0.29, 0.717) is 12.0 Å². The van der Waals surface area contributed by atoms with Crippen LogP contribution in [0.4, 0.5) is 8.78 Å². The Kier molecular flexibility index (Phi) is 3.00. The molecule has 1 aromatic carbocycles. The Morgan fingerprint density at radius 3 is 2.67 bits per heavy atom. The molecule has 2 unspecified atom stereocenters. The van der Waals surface area contributed by atoms with Crippen LogP contribution in [0.25, 0.3) is 0 Å². The summed E-state index contributed by atoms with van der Waals surface area (Å²) in [5.41, 5.74) is 0.537. The highest BCUT2D eigenvalue weighted by Gasteiger charge is 2.23. The molecule has 1 nitrogen and oxygen atoms in total. The first kappa shape index (κ1) is 10.6. The highest BCUT2D eigenvalue weighted by molar-refractivity contribution is 5.23. The number of rotatable bonds is 1. The van der Waals surface area contributed by atoms with Gasteiger partial charge in [0.2, 0.25) is 0 Å². The fourth-order valence-electron chi connectivity index (χ4n) is 2.28. The van der Waals surface area contributed by atoms with Crippen molar-refractivity contribution in [3.63, 3.8) is 0 Å². The molecule has 82 valence electrons. The second kappa shape index (κ2) is 4.27. The zero-order chi connectivity index (χ0) is 10.8. The van der Waals surface area contributed by atoms with Gasteiger partial charge in [-0.2, -0.15) is 0 Å². The monoisotopic (exact) mass is 212 g/mol. The standard InChI is InChI=1S/C12H14F2O/c13-9-4-5-11(12(14)7-9)8-2-1-3-10(15)6-8/h4-5,7-8,10,15H,1-3,6H2. The fourth-order valence-corrected chi connectivity index (χ4v) is 2.28. The summed E-state index contributed by atoms with van der Waals surface area (Å²) in [6.45, 7) is 0.